The maximum absolute atomic E-state index is 12.4. The summed E-state index contributed by atoms with van der Waals surface area (Å²) in [5, 5.41) is -0.496. The van der Waals surface area contributed by atoms with Crippen LogP contribution >= 0.6 is 0 Å². The predicted octanol–water partition coefficient (Wildman–Crippen LogP) is 0.981. The van der Waals surface area contributed by atoms with Gasteiger partial charge in [-0.25, -0.2) is 8.42 Å². The Hall–Kier alpha value is -0.620. The highest BCUT2D eigenvalue weighted by atomic mass is 32.2. The molecule has 0 aromatic rings. The number of nitrogens with zero attached hydrogens (tertiary/aromatic N) is 1. The monoisotopic (exact) mass is 289 g/mol. The first-order valence-electron chi connectivity index (χ1n) is 7.05. The van der Waals surface area contributed by atoms with Gasteiger partial charge in [0.2, 0.25) is 5.91 Å². The van der Waals surface area contributed by atoms with Crippen LogP contribution in [0.15, 0.2) is 0 Å². The molecule has 6 heteroatoms. The van der Waals surface area contributed by atoms with Gasteiger partial charge < -0.3 is 9.64 Å². The van der Waals surface area contributed by atoms with Gasteiger partial charge in [0.25, 0.3) is 0 Å². The number of carbonyl (C=O) groups excluding carboxylic acids is 1. The molecule has 0 radical (unpaired) electrons. The summed E-state index contributed by atoms with van der Waals surface area (Å²) in [7, 11) is -1.48. The number of hydrogen-bond acceptors (Lipinski definition) is 4. The second kappa shape index (κ2) is 6.22. The van der Waals surface area contributed by atoms with Gasteiger partial charge in [-0.2, -0.15) is 0 Å². The fourth-order valence-corrected chi connectivity index (χ4v) is 5.17. The van der Waals surface area contributed by atoms with Crippen molar-refractivity contribution in [1.82, 2.24) is 4.90 Å². The topological polar surface area (TPSA) is 63.7 Å². The Bertz CT molecular complexity index is 408. The number of rotatable bonds is 5. The van der Waals surface area contributed by atoms with Crippen LogP contribution in [0.5, 0.6) is 0 Å². The van der Waals surface area contributed by atoms with Crippen molar-refractivity contribution in [3.63, 3.8) is 0 Å². The zero-order valence-corrected chi connectivity index (χ0v) is 12.3. The Balaban J connectivity index is 1.83. The van der Waals surface area contributed by atoms with Crippen molar-refractivity contribution in [2.24, 2.45) is 0 Å². The number of sulfone groups is 1. The van der Waals surface area contributed by atoms with E-state index in [1.165, 1.54) is 0 Å². The number of hydrogen-bond donors (Lipinski definition) is 0. The van der Waals surface area contributed by atoms with Gasteiger partial charge >= 0.3 is 0 Å². The first-order chi connectivity index (χ1) is 9.05. The van der Waals surface area contributed by atoms with E-state index in [4.69, 9.17) is 4.74 Å². The van der Waals surface area contributed by atoms with Gasteiger partial charge in [-0.1, -0.05) is 19.3 Å². The largest absolute Gasteiger partial charge is 0.384 e. The van der Waals surface area contributed by atoms with Gasteiger partial charge in [-0.15, -0.1) is 0 Å². The molecular weight excluding hydrogens is 266 g/mol. The predicted molar refractivity (Wildman–Crippen MR) is 72.7 cm³/mol. The van der Waals surface area contributed by atoms with E-state index in [9.17, 15) is 13.2 Å². The van der Waals surface area contributed by atoms with Crippen LogP contribution in [0.25, 0.3) is 0 Å². The lowest BCUT2D eigenvalue weighted by atomic mass is 10.0. The summed E-state index contributed by atoms with van der Waals surface area (Å²) >= 11 is 0. The summed E-state index contributed by atoms with van der Waals surface area (Å²) in [5.74, 6) is -0.00283. The molecule has 1 amide bonds. The molecule has 19 heavy (non-hydrogen) atoms. The number of methoxy groups -OCH3 is 1. The average Bonchev–Trinajstić information content (AvgIpc) is 2.35. The van der Waals surface area contributed by atoms with E-state index in [0.29, 0.717) is 26.1 Å². The summed E-state index contributed by atoms with van der Waals surface area (Å²) in [6.45, 7) is 1.15. The second-order valence-corrected chi connectivity index (χ2v) is 8.02. The minimum Gasteiger partial charge on any atom is -0.384 e. The van der Waals surface area contributed by atoms with Crippen molar-refractivity contribution in [3.8, 4) is 0 Å². The Kier molecular flexibility index (Phi) is 4.84. The molecule has 0 spiro atoms. The van der Waals surface area contributed by atoms with E-state index in [1.54, 1.807) is 12.0 Å². The highest BCUT2D eigenvalue weighted by Crippen LogP contribution is 2.29. The Morgan fingerprint density at radius 2 is 1.79 bits per heavy atom. The number of amides is 1. The van der Waals surface area contributed by atoms with Crippen LogP contribution < -0.4 is 0 Å². The molecule has 0 aromatic carbocycles. The zero-order chi connectivity index (χ0) is 13.9. The van der Waals surface area contributed by atoms with Crippen LogP contribution in [0, 0.1) is 0 Å². The van der Waals surface area contributed by atoms with Crippen LogP contribution in [0.2, 0.25) is 0 Å². The summed E-state index contributed by atoms with van der Waals surface area (Å²) in [4.78, 5) is 13.3. The van der Waals surface area contributed by atoms with Gasteiger partial charge in [0.15, 0.2) is 9.84 Å². The minimum atomic E-state index is -3.04. The van der Waals surface area contributed by atoms with Gasteiger partial charge in [-0.05, 0) is 12.8 Å². The Morgan fingerprint density at radius 3 is 2.37 bits per heavy atom. The van der Waals surface area contributed by atoms with Crippen molar-refractivity contribution >= 4 is 15.7 Å². The molecule has 5 nitrogen and oxygen atoms in total. The lowest BCUT2D eigenvalue weighted by Gasteiger charge is -2.40. The van der Waals surface area contributed by atoms with Crippen molar-refractivity contribution in [1.29, 1.82) is 0 Å². The molecular formula is C13H23NO4S. The van der Waals surface area contributed by atoms with Gasteiger partial charge in [0.1, 0.15) is 0 Å². The fraction of sp³-hybridized carbons (Fsp3) is 0.923. The quantitative estimate of drug-likeness (QED) is 0.757. The van der Waals surface area contributed by atoms with E-state index in [1.807, 2.05) is 0 Å². The first-order valence-corrected chi connectivity index (χ1v) is 8.66. The third kappa shape index (κ3) is 3.28. The van der Waals surface area contributed by atoms with Crippen LogP contribution in [0.1, 0.15) is 38.5 Å². The molecule has 0 bridgehead atoms. The number of ether oxygens (including phenoxy) is 1. The number of carbonyl (C=O) groups is 1. The molecule has 0 unspecified atom stereocenters. The van der Waals surface area contributed by atoms with E-state index in [-0.39, 0.29) is 16.4 Å². The third-order valence-electron chi connectivity index (χ3n) is 4.20. The van der Waals surface area contributed by atoms with E-state index >= 15 is 0 Å². The molecule has 0 atom stereocenters. The van der Waals surface area contributed by atoms with Crippen LogP contribution in [0.4, 0.5) is 0 Å². The molecule has 1 aliphatic heterocycles. The lowest BCUT2D eigenvalue weighted by Crippen LogP contribution is -2.58. The van der Waals surface area contributed by atoms with Crippen molar-refractivity contribution in [2.75, 3.05) is 26.8 Å². The summed E-state index contributed by atoms with van der Waals surface area (Å²) in [6.07, 6.45) is 5.14. The number of likely N-dealkylation sites (tertiary alicyclic amines) is 1. The maximum atomic E-state index is 12.4. The van der Waals surface area contributed by atoms with Gasteiger partial charge in [-0.3, -0.25) is 4.79 Å². The van der Waals surface area contributed by atoms with E-state index in [2.05, 4.69) is 0 Å². The van der Waals surface area contributed by atoms with Crippen LogP contribution in [-0.2, 0) is 19.4 Å². The SMILES string of the molecule is COCCC(=O)N1CC(S(=O)(=O)C2CCCCC2)C1. The third-order valence-corrected chi connectivity index (χ3v) is 6.83. The van der Waals surface area contributed by atoms with Crippen molar-refractivity contribution in [2.45, 2.75) is 49.0 Å². The molecule has 1 saturated heterocycles. The van der Waals surface area contributed by atoms with Gasteiger partial charge in [0, 0.05) is 20.2 Å². The van der Waals surface area contributed by atoms with Crippen LogP contribution in [-0.4, -0.2) is 56.5 Å². The molecule has 1 saturated carbocycles. The first kappa shape index (κ1) is 14.8. The summed E-state index contributed by atoms with van der Waals surface area (Å²) < 4.78 is 29.6. The smallest absolute Gasteiger partial charge is 0.224 e. The highest BCUT2D eigenvalue weighted by Gasteiger charge is 2.43. The zero-order valence-electron chi connectivity index (χ0n) is 11.5. The molecule has 2 aliphatic rings. The second-order valence-electron chi connectivity index (χ2n) is 5.51. The van der Waals surface area contributed by atoms with Crippen molar-refractivity contribution in [3.05, 3.63) is 0 Å². The molecule has 0 N–H and O–H groups in total. The normalized spacial score (nSPS) is 22.3. The van der Waals surface area contributed by atoms with E-state index in [0.717, 1.165) is 32.1 Å². The molecule has 2 fully saturated rings. The van der Waals surface area contributed by atoms with E-state index < -0.39 is 9.84 Å². The van der Waals surface area contributed by atoms with Crippen molar-refractivity contribution < 1.29 is 17.9 Å². The average molecular weight is 289 g/mol. The molecule has 110 valence electrons. The fourth-order valence-electron chi connectivity index (χ4n) is 2.86. The standard InChI is InChI=1S/C13H23NO4S/c1-18-8-7-13(15)14-9-12(10-14)19(16,17)11-5-3-2-4-6-11/h11-12H,2-10H2,1H3. The Labute approximate surface area is 115 Å². The maximum Gasteiger partial charge on any atom is 0.224 e. The summed E-state index contributed by atoms with van der Waals surface area (Å²) in [6, 6.07) is 0. The summed E-state index contributed by atoms with van der Waals surface area (Å²) in [5.41, 5.74) is 0. The molecule has 1 aliphatic carbocycles. The Morgan fingerprint density at radius 1 is 1.16 bits per heavy atom. The highest BCUT2D eigenvalue weighted by molar-refractivity contribution is 7.92. The lowest BCUT2D eigenvalue weighted by molar-refractivity contribution is -0.135. The molecule has 2 rings (SSSR count). The molecule has 1 heterocycles. The molecule has 0 aromatic heterocycles. The van der Waals surface area contributed by atoms with Gasteiger partial charge in [0.05, 0.1) is 23.5 Å². The van der Waals surface area contributed by atoms with Crippen LogP contribution in [0.3, 0.4) is 0 Å². The minimum absolute atomic E-state index is 0.00283.